The topological polar surface area (TPSA) is 61.9 Å². The summed E-state index contributed by atoms with van der Waals surface area (Å²) in [7, 11) is 0. The third kappa shape index (κ3) is 6.16. The van der Waals surface area contributed by atoms with E-state index in [2.05, 4.69) is 16.8 Å². The van der Waals surface area contributed by atoms with Crippen LogP contribution in [0.3, 0.4) is 0 Å². The Kier molecular flexibility index (Phi) is 8.31. The SMILES string of the molecule is CC[C@@H](C)N(CC(=O)N1CCc2sccc2[C@@H]1COc1ccccc1)C(=O)Nc1cccc(Cl)c1. The van der Waals surface area contributed by atoms with Crippen molar-refractivity contribution in [1.82, 2.24) is 9.80 Å². The molecule has 2 aromatic carbocycles. The molecule has 4 rings (SSSR count). The van der Waals surface area contributed by atoms with Gasteiger partial charge in [-0.1, -0.05) is 42.8 Å². The summed E-state index contributed by atoms with van der Waals surface area (Å²) >= 11 is 7.78. The Bertz CT molecular complexity index is 1150. The Hall–Kier alpha value is -3.03. The number of rotatable bonds is 8. The van der Waals surface area contributed by atoms with Crippen LogP contribution in [0.25, 0.3) is 0 Å². The molecule has 1 aromatic heterocycles. The highest BCUT2D eigenvalue weighted by Gasteiger charge is 2.34. The first-order valence-corrected chi connectivity index (χ1v) is 13.1. The van der Waals surface area contributed by atoms with E-state index in [1.165, 1.54) is 4.88 Å². The van der Waals surface area contributed by atoms with Gasteiger partial charge < -0.3 is 19.9 Å². The number of halogens is 1. The molecule has 2 atom stereocenters. The van der Waals surface area contributed by atoms with Gasteiger partial charge in [-0.3, -0.25) is 4.79 Å². The van der Waals surface area contributed by atoms with E-state index in [-0.39, 0.29) is 30.6 Å². The summed E-state index contributed by atoms with van der Waals surface area (Å²) in [6, 6.07) is 18.1. The van der Waals surface area contributed by atoms with Gasteiger partial charge in [0.25, 0.3) is 0 Å². The van der Waals surface area contributed by atoms with Crippen molar-refractivity contribution in [2.45, 2.75) is 38.8 Å². The van der Waals surface area contributed by atoms with Crippen LogP contribution in [0.15, 0.2) is 66.0 Å². The standard InChI is InChI=1S/C27H30ClN3O3S/c1-3-19(2)31(27(33)29-21-9-7-8-20(28)16-21)17-26(32)30-14-12-25-23(13-15-35-25)24(30)18-34-22-10-5-4-6-11-22/h4-11,13,15-16,19,24H,3,12,14,17-18H2,1-2H3,(H,29,33)/t19-,24+/m1/s1. The zero-order valence-electron chi connectivity index (χ0n) is 19.9. The Morgan fingerprint density at radius 2 is 2.00 bits per heavy atom. The summed E-state index contributed by atoms with van der Waals surface area (Å²) in [5, 5.41) is 5.49. The largest absolute Gasteiger partial charge is 0.491 e. The highest BCUT2D eigenvalue weighted by molar-refractivity contribution is 7.10. The second-order valence-corrected chi connectivity index (χ2v) is 10.0. The number of hydrogen-bond acceptors (Lipinski definition) is 4. The molecule has 3 aromatic rings. The molecule has 0 fully saturated rings. The van der Waals surface area contributed by atoms with Crippen LogP contribution in [0.2, 0.25) is 5.02 Å². The van der Waals surface area contributed by atoms with Gasteiger partial charge in [-0.25, -0.2) is 4.79 Å². The molecule has 184 valence electrons. The summed E-state index contributed by atoms with van der Waals surface area (Å²) in [4.78, 5) is 31.5. The lowest BCUT2D eigenvalue weighted by atomic mass is 10.00. The number of thiophene rings is 1. The Labute approximate surface area is 215 Å². The minimum absolute atomic E-state index is 0.0112. The molecule has 0 bridgehead atoms. The van der Waals surface area contributed by atoms with Crippen molar-refractivity contribution in [2.24, 2.45) is 0 Å². The number of anilines is 1. The number of urea groups is 1. The van der Waals surface area contributed by atoms with Gasteiger partial charge in [0.15, 0.2) is 0 Å². The number of amides is 3. The average molecular weight is 512 g/mol. The number of hydrogen-bond donors (Lipinski definition) is 1. The Morgan fingerprint density at radius 1 is 1.20 bits per heavy atom. The number of carbonyl (C=O) groups excluding carboxylic acids is 2. The molecule has 35 heavy (non-hydrogen) atoms. The summed E-state index contributed by atoms with van der Waals surface area (Å²) in [6.07, 6.45) is 1.53. The van der Waals surface area contributed by atoms with E-state index in [0.717, 1.165) is 24.2 Å². The number of ether oxygens (including phenoxy) is 1. The maximum Gasteiger partial charge on any atom is 0.322 e. The van der Waals surface area contributed by atoms with E-state index in [1.54, 1.807) is 40.5 Å². The van der Waals surface area contributed by atoms with Crippen molar-refractivity contribution in [3.8, 4) is 5.75 Å². The third-order valence-electron chi connectivity index (χ3n) is 6.33. The lowest BCUT2D eigenvalue weighted by Gasteiger charge is -2.38. The van der Waals surface area contributed by atoms with Crippen LogP contribution >= 0.6 is 22.9 Å². The molecule has 2 heterocycles. The number of nitrogens with one attached hydrogen (secondary N) is 1. The fraction of sp³-hybridized carbons (Fsp3) is 0.333. The van der Waals surface area contributed by atoms with Crippen molar-refractivity contribution in [1.29, 1.82) is 0 Å². The van der Waals surface area contributed by atoms with Crippen LogP contribution in [-0.4, -0.2) is 47.5 Å². The van der Waals surface area contributed by atoms with E-state index in [4.69, 9.17) is 16.3 Å². The third-order valence-corrected chi connectivity index (χ3v) is 7.56. The zero-order valence-corrected chi connectivity index (χ0v) is 21.5. The van der Waals surface area contributed by atoms with E-state index in [0.29, 0.717) is 23.9 Å². The highest BCUT2D eigenvalue weighted by atomic mass is 35.5. The quantitative estimate of drug-likeness (QED) is 0.389. The molecule has 6 nitrogen and oxygen atoms in total. The van der Waals surface area contributed by atoms with Crippen molar-refractivity contribution in [3.63, 3.8) is 0 Å². The fourth-order valence-corrected chi connectivity index (χ4v) is 5.33. The molecule has 8 heteroatoms. The summed E-state index contributed by atoms with van der Waals surface area (Å²) < 4.78 is 6.07. The number of nitrogens with zero attached hydrogens (tertiary/aromatic N) is 2. The lowest BCUT2D eigenvalue weighted by Crippen LogP contribution is -2.50. The smallest absolute Gasteiger partial charge is 0.322 e. The first-order valence-electron chi connectivity index (χ1n) is 11.8. The van der Waals surface area contributed by atoms with Gasteiger partial charge in [-0.2, -0.15) is 0 Å². The van der Waals surface area contributed by atoms with Gasteiger partial charge in [-0.15, -0.1) is 11.3 Å². The normalized spacial score (nSPS) is 15.7. The average Bonchev–Trinajstić information content (AvgIpc) is 3.35. The first kappa shape index (κ1) is 25.1. The number of fused-ring (bicyclic) bond motifs is 1. The maximum atomic E-state index is 13.6. The summed E-state index contributed by atoms with van der Waals surface area (Å²) in [5.41, 5.74) is 1.72. The van der Waals surface area contributed by atoms with E-state index >= 15 is 0 Å². The molecule has 0 unspecified atom stereocenters. The van der Waals surface area contributed by atoms with Gasteiger partial charge in [0.05, 0.1) is 6.04 Å². The molecule has 1 N–H and O–H groups in total. The van der Waals surface area contributed by atoms with Crippen LogP contribution in [-0.2, 0) is 11.2 Å². The number of para-hydroxylation sites is 1. The van der Waals surface area contributed by atoms with Gasteiger partial charge in [0.2, 0.25) is 5.91 Å². The van der Waals surface area contributed by atoms with Crippen LogP contribution in [0.4, 0.5) is 10.5 Å². The number of benzene rings is 2. The van der Waals surface area contributed by atoms with Crippen LogP contribution in [0.1, 0.15) is 36.8 Å². The maximum absolute atomic E-state index is 13.6. The van der Waals surface area contributed by atoms with Crippen molar-refractivity contribution < 1.29 is 14.3 Å². The molecule has 0 radical (unpaired) electrons. The monoisotopic (exact) mass is 511 g/mol. The van der Waals surface area contributed by atoms with Gasteiger partial charge in [0.1, 0.15) is 18.9 Å². The second kappa shape index (κ2) is 11.6. The van der Waals surface area contributed by atoms with Gasteiger partial charge in [0, 0.05) is 28.2 Å². The predicted octanol–water partition coefficient (Wildman–Crippen LogP) is 6.24. The van der Waals surface area contributed by atoms with Crippen molar-refractivity contribution in [3.05, 3.63) is 81.5 Å². The molecule has 0 aliphatic carbocycles. The zero-order chi connectivity index (χ0) is 24.8. The first-order chi connectivity index (χ1) is 17.0. The van der Waals surface area contributed by atoms with Crippen LogP contribution < -0.4 is 10.1 Å². The molecule has 0 saturated carbocycles. The van der Waals surface area contributed by atoms with Crippen molar-refractivity contribution >= 4 is 40.6 Å². The Balaban J connectivity index is 1.50. The number of carbonyl (C=O) groups is 2. The van der Waals surface area contributed by atoms with E-state index in [9.17, 15) is 9.59 Å². The Morgan fingerprint density at radius 3 is 2.74 bits per heavy atom. The second-order valence-electron chi connectivity index (χ2n) is 8.60. The molecule has 1 aliphatic heterocycles. The highest BCUT2D eigenvalue weighted by Crippen LogP contribution is 2.34. The minimum Gasteiger partial charge on any atom is -0.491 e. The lowest BCUT2D eigenvalue weighted by molar-refractivity contribution is -0.135. The van der Waals surface area contributed by atoms with Crippen LogP contribution in [0.5, 0.6) is 5.75 Å². The van der Waals surface area contributed by atoms with Crippen molar-refractivity contribution in [2.75, 3.05) is 25.0 Å². The molecule has 0 spiro atoms. The molecular weight excluding hydrogens is 482 g/mol. The molecule has 3 amide bonds. The van der Waals surface area contributed by atoms with Gasteiger partial charge >= 0.3 is 6.03 Å². The molecular formula is C27H30ClN3O3S. The molecule has 1 aliphatic rings. The minimum atomic E-state index is -0.319. The van der Waals surface area contributed by atoms with E-state index in [1.807, 2.05) is 49.1 Å². The van der Waals surface area contributed by atoms with Gasteiger partial charge in [-0.05, 0) is 67.1 Å². The summed E-state index contributed by atoms with van der Waals surface area (Å²) in [6.45, 7) is 4.90. The fourth-order valence-electron chi connectivity index (χ4n) is 4.21. The molecule has 0 saturated heterocycles. The summed E-state index contributed by atoms with van der Waals surface area (Å²) in [5.74, 6) is 0.675. The van der Waals surface area contributed by atoms with Crippen LogP contribution in [0, 0.1) is 0 Å². The van der Waals surface area contributed by atoms with E-state index < -0.39 is 0 Å². The predicted molar refractivity (Wildman–Crippen MR) is 141 cm³/mol.